The Balaban J connectivity index is 2.48. The standard InChI is InChI=1S/C17H28N2O2/c1-4-11-18-12-14-9-7-8-10-16(14)21-13-17(20)19-15(5-2)6-3/h7-10,15,18H,4-6,11-13H2,1-3H3,(H,19,20). The molecule has 0 bridgehead atoms. The third kappa shape index (κ3) is 6.63. The van der Waals surface area contributed by atoms with Gasteiger partial charge in [-0.2, -0.15) is 0 Å². The van der Waals surface area contributed by atoms with E-state index in [0.29, 0.717) is 0 Å². The Kier molecular flexibility index (Phi) is 8.51. The fourth-order valence-corrected chi connectivity index (χ4v) is 2.10. The Labute approximate surface area is 128 Å². The smallest absolute Gasteiger partial charge is 0.258 e. The SMILES string of the molecule is CCCNCc1ccccc1OCC(=O)NC(CC)CC. The van der Waals surface area contributed by atoms with Gasteiger partial charge in [0.2, 0.25) is 0 Å². The first-order valence-electron chi connectivity index (χ1n) is 7.91. The predicted octanol–water partition coefficient (Wildman–Crippen LogP) is 2.87. The first-order chi connectivity index (χ1) is 10.2. The molecule has 0 aliphatic carbocycles. The maximum atomic E-state index is 11.9. The van der Waals surface area contributed by atoms with Gasteiger partial charge >= 0.3 is 0 Å². The molecule has 1 aromatic rings. The molecule has 2 N–H and O–H groups in total. The predicted molar refractivity (Wildman–Crippen MR) is 86.4 cm³/mol. The van der Waals surface area contributed by atoms with Gasteiger partial charge in [0.25, 0.3) is 5.91 Å². The number of hydrogen-bond acceptors (Lipinski definition) is 3. The summed E-state index contributed by atoms with van der Waals surface area (Å²) in [7, 11) is 0. The lowest BCUT2D eigenvalue weighted by Gasteiger charge is -2.16. The summed E-state index contributed by atoms with van der Waals surface area (Å²) in [5, 5.41) is 6.33. The van der Waals surface area contributed by atoms with Crippen LogP contribution in [0.5, 0.6) is 5.75 Å². The molecule has 4 heteroatoms. The molecule has 0 aliphatic heterocycles. The summed E-state index contributed by atoms with van der Waals surface area (Å²) in [6.07, 6.45) is 2.99. The second kappa shape index (κ2) is 10.2. The quantitative estimate of drug-likeness (QED) is 0.652. The molecular formula is C17H28N2O2. The fourth-order valence-electron chi connectivity index (χ4n) is 2.10. The van der Waals surface area contributed by atoms with Gasteiger partial charge in [-0.05, 0) is 31.9 Å². The number of nitrogens with one attached hydrogen (secondary N) is 2. The molecule has 0 fully saturated rings. The number of benzene rings is 1. The maximum absolute atomic E-state index is 11.9. The van der Waals surface area contributed by atoms with Crippen molar-refractivity contribution in [3.63, 3.8) is 0 Å². The van der Waals surface area contributed by atoms with Gasteiger partial charge in [0.1, 0.15) is 5.75 Å². The Morgan fingerprint density at radius 3 is 2.57 bits per heavy atom. The molecule has 0 unspecified atom stereocenters. The van der Waals surface area contributed by atoms with Crippen molar-refractivity contribution in [1.29, 1.82) is 0 Å². The maximum Gasteiger partial charge on any atom is 0.258 e. The van der Waals surface area contributed by atoms with Crippen LogP contribution in [0.3, 0.4) is 0 Å². The minimum atomic E-state index is -0.0555. The van der Waals surface area contributed by atoms with Crippen molar-refractivity contribution in [2.45, 2.75) is 52.6 Å². The molecule has 0 aromatic heterocycles. The normalized spacial score (nSPS) is 10.7. The van der Waals surface area contributed by atoms with Crippen LogP contribution >= 0.6 is 0 Å². The second-order valence-electron chi connectivity index (χ2n) is 5.15. The van der Waals surface area contributed by atoms with Crippen LogP contribution in [-0.4, -0.2) is 25.1 Å². The zero-order chi connectivity index (χ0) is 15.5. The van der Waals surface area contributed by atoms with E-state index in [4.69, 9.17) is 4.74 Å². The van der Waals surface area contributed by atoms with Gasteiger partial charge in [0.05, 0.1) is 0 Å². The molecular weight excluding hydrogens is 264 g/mol. The molecule has 1 rings (SSSR count). The van der Waals surface area contributed by atoms with Crippen molar-refractivity contribution >= 4 is 5.91 Å². The van der Waals surface area contributed by atoms with Crippen molar-refractivity contribution in [3.8, 4) is 5.75 Å². The van der Waals surface area contributed by atoms with Crippen LogP contribution < -0.4 is 15.4 Å². The minimum Gasteiger partial charge on any atom is -0.483 e. The van der Waals surface area contributed by atoms with Crippen LogP contribution in [0.25, 0.3) is 0 Å². The molecule has 1 amide bonds. The Hall–Kier alpha value is -1.55. The lowest BCUT2D eigenvalue weighted by Crippen LogP contribution is -2.37. The highest BCUT2D eigenvalue weighted by molar-refractivity contribution is 5.77. The minimum absolute atomic E-state index is 0.0555. The molecule has 4 nitrogen and oxygen atoms in total. The Bertz CT molecular complexity index is 417. The summed E-state index contributed by atoms with van der Waals surface area (Å²) in [5.41, 5.74) is 1.08. The van der Waals surface area contributed by atoms with Crippen molar-refractivity contribution in [2.75, 3.05) is 13.2 Å². The van der Waals surface area contributed by atoms with Gasteiger partial charge in [-0.15, -0.1) is 0 Å². The van der Waals surface area contributed by atoms with Crippen LogP contribution in [0.1, 0.15) is 45.6 Å². The highest BCUT2D eigenvalue weighted by Gasteiger charge is 2.10. The molecule has 0 saturated carbocycles. The summed E-state index contributed by atoms with van der Waals surface area (Å²) in [5.74, 6) is 0.723. The van der Waals surface area contributed by atoms with Crippen LogP contribution in [0.4, 0.5) is 0 Å². The van der Waals surface area contributed by atoms with E-state index in [1.54, 1.807) is 0 Å². The molecule has 0 spiro atoms. The average molecular weight is 292 g/mol. The lowest BCUT2D eigenvalue weighted by atomic mass is 10.2. The Morgan fingerprint density at radius 2 is 1.90 bits per heavy atom. The highest BCUT2D eigenvalue weighted by Crippen LogP contribution is 2.17. The number of amides is 1. The molecule has 21 heavy (non-hydrogen) atoms. The topological polar surface area (TPSA) is 50.4 Å². The van der Waals surface area contributed by atoms with Crippen molar-refractivity contribution < 1.29 is 9.53 Å². The number of para-hydroxylation sites is 1. The van der Waals surface area contributed by atoms with Gasteiger partial charge in [-0.3, -0.25) is 4.79 Å². The van der Waals surface area contributed by atoms with E-state index in [1.165, 1.54) is 0 Å². The van der Waals surface area contributed by atoms with E-state index in [-0.39, 0.29) is 18.6 Å². The highest BCUT2D eigenvalue weighted by atomic mass is 16.5. The van der Waals surface area contributed by atoms with Crippen LogP contribution in [0, 0.1) is 0 Å². The van der Waals surface area contributed by atoms with E-state index in [0.717, 1.165) is 43.7 Å². The van der Waals surface area contributed by atoms with Gasteiger partial charge in [0, 0.05) is 18.2 Å². The molecule has 0 aliphatic rings. The average Bonchev–Trinajstić information content (AvgIpc) is 2.52. The number of ether oxygens (including phenoxy) is 1. The summed E-state index contributed by atoms with van der Waals surface area (Å²) in [6.45, 7) is 8.09. The summed E-state index contributed by atoms with van der Waals surface area (Å²) in [4.78, 5) is 11.9. The van der Waals surface area contributed by atoms with E-state index >= 15 is 0 Å². The van der Waals surface area contributed by atoms with E-state index in [2.05, 4.69) is 31.4 Å². The van der Waals surface area contributed by atoms with Gasteiger partial charge in [0.15, 0.2) is 6.61 Å². The van der Waals surface area contributed by atoms with Crippen molar-refractivity contribution in [3.05, 3.63) is 29.8 Å². The van der Waals surface area contributed by atoms with Crippen LogP contribution in [0.2, 0.25) is 0 Å². The summed E-state index contributed by atoms with van der Waals surface area (Å²) < 4.78 is 5.67. The van der Waals surface area contributed by atoms with E-state index in [1.807, 2.05) is 24.3 Å². The zero-order valence-electron chi connectivity index (χ0n) is 13.4. The largest absolute Gasteiger partial charge is 0.483 e. The van der Waals surface area contributed by atoms with Crippen molar-refractivity contribution in [2.24, 2.45) is 0 Å². The number of rotatable bonds is 10. The van der Waals surface area contributed by atoms with Crippen molar-refractivity contribution in [1.82, 2.24) is 10.6 Å². The van der Waals surface area contributed by atoms with Crippen LogP contribution in [0.15, 0.2) is 24.3 Å². The van der Waals surface area contributed by atoms with Crippen LogP contribution in [-0.2, 0) is 11.3 Å². The second-order valence-corrected chi connectivity index (χ2v) is 5.15. The van der Waals surface area contributed by atoms with Gasteiger partial charge in [-0.1, -0.05) is 39.0 Å². The first-order valence-corrected chi connectivity index (χ1v) is 7.91. The number of carbonyl (C=O) groups excluding carboxylic acids is 1. The lowest BCUT2D eigenvalue weighted by molar-refractivity contribution is -0.123. The molecule has 0 saturated heterocycles. The molecule has 1 aromatic carbocycles. The molecule has 0 radical (unpaired) electrons. The molecule has 0 heterocycles. The zero-order valence-corrected chi connectivity index (χ0v) is 13.4. The Morgan fingerprint density at radius 1 is 1.19 bits per heavy atom. The van der Waals surface area contributed by atoms with E-state index < -0.39 is 0 Å². The van der Waals surface area contributed by atoms with Gasteiger partial charge in [-0.25, -0.2) is 0 Å². The van der Waals surface area contributed by atoms with Gasteiger partial charge < -0.3 is 15.4 Å². The molecule has 0 atom stereocenters. The summed E-state index contributed by atoms with van der Waals surface area (Å²) in [6, 6.07) is 8.09. The summed E-state index contributed by atoms with van der Waals surface area (Å²) >= 11 is 0. The van der Waals surface area contributed by atoms with E-state index in [9.17, 15) is 4.79 Å². The number of carbonyl (C=O) groups is 1. The molecule has 118 valence electrons. The first kappa shape index (κ1) is 17.5. The monoisotopic (exact) mass is 292 g/mol. The third-order valence-electron chi connectivity index (χ3n) is 3.42. The third-order valence-corrected chi connectivity index (χ3v) is 3.42. The fraction of sp³-hybridized carbons (Fsp3) is 0.588. The number of hydrogen-bond donors (Lipinski definition) is 2.